The zero-order valence-electron chi connectivity index (χ0n) is 14.9. The summed E-state index contributed by atoms with van der Waals surface area (Å²) >= 11 is 1.22. The average molecular weight is 364 g/mol. The van der Waals surface area contributed by atoms with Crippen molar-refractivity contribution >= 4 is 29.5 Å². The lowest BCUT2D eigenvalue weighted by Gasteiger charge is -2.32. The van der Waals surface area contributed by atoms with Crippen LogP contribution in [0.1, 0.15) is 52.2 Å². The second kappa shape index (κ2) is 5.97. The van der Waals surface area contributed by atoms with Crippen LogP contribution >= 0.6 is 11.3 Å². The van der Waals surface area contributed by atoms with Gasteiger partial charge < -0.3 is 5.11 Å². The number of hydrogen-bond acceptors (Lipinski definition) is 5. The van der Waals surface area contributed by atoms with Crippen LogP contribution in [-0.2, 0) is 21.9 Å². The third-order valence-corrected chi connectivity index (χ3v) is 13.5. The number of aliphatic hydroxyl groups is 1. The van der Waals surface area contributed by atoms with E-state index in [2.05, 4.69) is 42.9 Å². The first-order valence-electron chi connectivity index (χ1n) is 7.40. The number of nitrogens with two attached hydrogens (primary N) is 1. The predicted molar refractivity (Wildman–Crippen MR) is 97.0 cm³/mol. The second-order valence-corrected chi connectivity index (χ2v) is 15.8. The summed E-state index contributed by atoms with van der Waals surface area (Å²) in [6, 6.07) is 0. The molecule has 1 aromatic rings. The topological polar surface area (TPSA) is 88.6 Å². The van der Waals surface area contributed by atoms with Gasteiger partial charge in [-0.15, -0.1) is 11.3 Å². The molecule has 1 atom stereocenters. The molecule has 0 bridgehead atoms. The normalized spacial score (nSPS) is 16.5. The lowest BCUT2D eigenvalue weighted by Crippen LogP contribution is -2.37. The van der Waals surface area contributed by atoms with Crippen molar-refractivity contribution in [3.8, 4) is 0 Å². The second-order valence-electron chi connectivity index (χ2n) is 7.63. The van der Waals surface area contributed by atoms with Crippen molar-refractivity contribution in [1.29, 1.82) is 0 Å². The van der Waals surface area contributed by atoms with Crippen LogP contribution in [0.15, 0.2) is 8.24 Å². The lowest BCUT2D eigenvalue weighted by molar-refractivity contribution is 0.0781. The Hall–Kier alpha value is -0.283. The third kappa shape index (κ3) is 4.17. The molecule has 1 heterocycles. The monoisotopic (exact) mass is 363 g/mol. The van der Waals surface area contributed by atoms with E-state index in [4.69, 9.17) is 5.14 Å². The molecular weight excluding hydrogens is 334 g/mol. The van der Waals surface area contributed by atoms with Crippen molar-refractivity contribution in [1.82, 2.24) is 4.98 Å². The zero-order valence-corrected chi connectivity index (χ0v) is 17.5. The fourth-order valence-corrected chi connectivity index (χ4v) is 8.17. The molecule has 1 unspecified atom stereocenters. The standard InChI is InChI=1S/C14H29N3O2S2Si/c1-9-10-11(20-12(16-10)14(5,6)18)21(15,19)17-22(7,8)13(2,3)4/h18H,9H2,1-8H3,(H2,15,17,19). The van der Waals surface area contributed by atoms with Crippen molar-refractivity contribution in [2.24, 2.45) is 9.17 Å². The molecule has 1 rings (SSSR count). The van der Waals surface area contributed by atoms with Crippen molar-refractivity contribution in [3.05, 3.63) is 10.7 Å². The molecule has 8 heteroatoms. The van der Waals surface area contributed by atoms with Gasteiger partial charge in [-0.1, -0.05) is 27.7 Å². The summed E-state index contributed by atoms with van der Waals surface area (Å²) in [5.74, 6) is 0. The van der Waals surface area contributed by atoms with Crippen LogP contribution in [0.3, 0.4) is 0 Å². The van der Waals surface area contributed by atoms with Crippen LogP contribution in [0.4, 0.5) is 0 Å². The molecule has 0 aliphatic carbocycles. The summed E-state index contributed by atoms with van der Waals surface area (Å²) in [7, 11) is -5.16. The maximum absolute atomic E-state index is 13.1. The number of aryl methyl sites for hydroxylation is 1. The Kier molecular flexibility index (Phi) is 5.37. The van der Waals surface area contributed by atoms with Gasteiger partial charge in [0.2, 0.25) is 0 Å². The van der Waals surface area contributed by atoms with Crippen LogP contribution in [0.5, 0.6) is 0 Å². The molecule has 0 saturated carbocycles. The van der Waals surface area contributed by atoms with Crippen LogP contribution < -0.4 is 5.14 Å². The number of nitrogens with zero attached hydrogens (tertiary/aromatic N) is 2. The number of thiazole rings is 1. The average Bonchev–Trinajstić information content (AvgIpc) is 2.69. The van der Waals surface area contributed by atoms with Gasteiger partial charge in [0.25, 0.3) is 0 Å². The molecule has 0 fully saturated rings. The molecule has 128 valence electrons. The summed E-state index contributed by atoms with van der Waals surface area (Å²) < 4.78 is 18.2. The highest BCUT2D eigenvalue weighted by Gasteiger charge is 2.38. The van der Waals surface area contributed by atoms with Crippen LogP contribution in [0, 0.1) is 0 Å². The fraction of sp³-hybridized carbons (Fsp3) is 0.786. The Labute approximate surface area is 139 Å². The number of rotatable bonds is 4. The van der Waals surface area contributed by atoms with Gasteiger partial charge in [0.1, 0.15) is 24.7 Å². The molecule has 0 aliphatic heterocycles. The molecule has 5 nitrogen and oxygen atoms in total. The summed E-state index contributed by atoms with van der Waals surface area (Å²) in [5.41, 5.74) is -0.392. The highest BCUT2D eigenvalue weighted by atomic mass is 32.2. The highest BCUT2D eigenvalue weighted by Crippen LogP contribution is 2.39. The molecular formula is C14H29N3O2S2Si. The van der Waals surface area contributed by atoms with Crippen LogP contribution in [-0.4, -0.2) is 22.5 Å². The Balaban J connectivity index is 3.53. The zero-order chi connectivity index (χ0) is 17.6. The summed E-state index contributed by atoms with van der Waals surface area (Å²) in [4.78, 5) is 4.42. The molecule has 0 radical (unpaired) electrons. The van der Waals surface area contributed by atoms with Gasteiger partial charge in [-0.2, -0.15) is 0 Å². The Bertz CT molecular complexity index is 661. The Morgan fingerprint density at radius 2 is 1.82 bits per heavy atom. The maximum Gasteiger partial charge on any atom is 0.195 e. The Morgan fingerprint density at radius 3 is 2.18 bits per heavy atom. The van der Waals surface area contributed by atoms with Gasteiger partial charge in [0, 0.05) is 0 Å². The van der Waals surface area contributed by atoms with Crippen LogP contribution in [0.25, 0.3) is 0 Å². The van der Waals surface area contributed by atoms with Gasteiger partial charge in [-0.3, -0.25) is 4.03 Å². The first-order valence-corrected chi connectivity index (χ1v) is 12.7. The van der Waals surface area contributed by atoms with E-state index in [0.29, 0.717) is 21.3 Å². The van der Waals surface area contributed by atoms with E-state index in [1.807, 2.05) is 6.92 Å². The van der Waals surface area contributed by atoms with Crippen molar-refractivity contribution in [3.63, 3.8) is 0 Å². The minimum Gasteiger partial charge on any atom is -0.383 e. The van der Waals surface area contributed by atoms with E-state index in [1.54, 1.807) is 13.8 Å². The first-order chi connectivity index (χ1) is 9.62. The number of hydrogen-bond donors (Lipinski definition) is 2. The summed E-state index contributed by atoms with van der Waals surface area (Å²) in [6.07, 6.45) is 0.614. The first kappa shape index (κ1) is 19.8. The molecule has 0 aliphatic rings. The molecule has 1 aromatic heterocycles. The highest BCUT2D eigenvalue weighted by molar-refractivity contribution is 7.94. The quantitative estimate of drug-likeness (QED) is 0.800. The van der Waals surface area contributed by atoms with Crippen molar-refractivity contribution in [2.45, 2.75) is 75.9 Å². The predicted octanol–water partition coefficient (Wildman–Crippen LogP) is 3.64. The molecule has 0 amide bonds. The summed E-state index contributed by atoms with van der Waals surface area (Å²) in [5, 5.41) is 16.8. The molecule has 22 heavy (non-hydrogen) atoms. The van der Waals surface area contributed by atoms with Gasteiger partial charge >= 0.3 is 0 Å². The van der Waals surface area contributed by atoms with E-state index < -0.39 is 23.8 Å². The van der Waals surface area contributed by atoms with Crippen molar-refractivity contribution < 1.29 is 9.32 Å². The van der Waals surface area contributed by atoms with E-state index in [1.165, 1.54) is 11.3 Å². The minimum absolute atomic E-state index is 0.0365. The van der Waals surface area contributed by atoms with Crippen LogP contribution in [0.2, 0.25) is 18.1 Å². The maximum atomic E-state index is 13.1. The largest absolute Gasteiger partial charge is 0.383 e. The van der Waals surface area contributed by atoms with E-state index in [9.17, 15) is 9.32 Å². The smallest absolute Gasteiger partial charge is 0.195 e. The van der Waals surface area contributed by atoms with Crippen molar-refractivity contribution in [2.75, 3.05) is 0 Å². The van der Waals surface area contributed by atoms with E-state index in [0.717, 1.165) is 0 Å². The SMILES string of the molecule is CCc1nc(C(C)(C)O)sc1S(N)(=O)=N[Si](C)(C)C(C)(C)C. The molecule has 3 N–H and O–H groups in total. The molecule has 0 saturated heterocycles. The molecule has 0 spiro atoms. The summed E-state index contributed by atoms with van der Waals surface area (Å²) in [6.45, 7) is 15.7. The van der Waals surface area contributed by atoms with E-state index >= 15 is 0 Å². The molecule has 0 aromatic carbocycles. The lowest BCUT2D eigenvalue weighted by atomic mass is 10.1. The number of aromatic nitrogens is 1. The van der Waals surface area contributed by atoms with Gasteiger partial charge in [-0.05, 0) is 38.4 Å². The third-order valence-electron chi connectivity index (χ3n) is 3.98. The van der Waals surface area contributed by atoms with Gasteiger partial charge in [0.15, 0.2) is 8.24 Å². The minimum atomic E-state index is -3.00. The van der Waals surface area contributed by atoms with Gasteiger partial charge in [0.05, 0.1) is 5.69 Å². The van der Waals surface area contributed by atoms with Gasteiger partial charge in [-0.25, -0.2) is 14.3 Å². The van der Waals surface area contributed by atoms with E-state index in [-0.39, 0.29) is 5.04 Å². The fourth-order valence-electron chi connectivity index (χ4n) is 1.57. The Morgan fingerprint density at radius 1 is 1.32 bits per heavy atom.